The van der Waals surface area contributed by atoms with Crippen LogP contribution < -0.4 is 5.19 Å². The summed E-state index contributed by atoms with van der Waals surface area (Å²) >= 11 is 0. The standard InChI is InChI=1S/C34H49NO3Si/c1-10-27(8)34(24-35,28(9)11-2)31-17-14-18-32(22-31)39(25(4)5,26(6)7)38-23-30-16-13-15-29(21-30)19-20-33(36)37-12-3/h13-22,25-28H,10-12,23H2,1-9H3/b20-19+. The average molecular weight is 548 g/mol. The molecule has 0 aliphatic heterocycles. The van der Waals surface area contributed by atoms with Gasteiger partial charge in [0.1, 0.15) is 0 Å². The van der Waals surface area contributed by atoms with Gasteiger partial charge in [0.2, 0.25) is 8.32 Å². The SMILES string of the molecule is CCOC(=O)/C=C/c1cccc(CO[Si](c2cccc(C(C#N)(C(C)CC)C(C)CC)c2)(C(C)C)C(C)C)c1. The van der Waals surface area contributed by atoms with Crippen molar-refractivity contribution in [1.29, 1.82) is 5.26 Å². The molecule has 0 amide bonds. The van der Waals surface area contributed by atoms with E-state index in [2.05, 4.69) is 97.9 Å². The third-order valence-corrected chi connectivity index (χ3v) is 13.9. The first-order chi connectivity index (χ1) is 18.5. The van der Waals surface area contributed by atoms with Crippen LogP contribution in [0.25, 0.3) is 6.08 Å². The van der Waals surface area contributed by atoms with Gasteiger partial charge in [-0.2, -0.15) is 5.26 Å². The van der Waals surface area contributed by atoms with E-state index in [4.69, 9.17) is 9.16 Å². The minimum Gasteiger partial charge on any atom is -0.463 e. The molecule has 0 aliphatic carbocycles. The maximum absolute atomic E-state index is 11.8. The Morgan fingerprint density at radius 2 is 1.56 bits per heavy atom. The fourth-order valence-electron chi connectivity index (χ4n) is 6.10. The lowest BCUT2D eigenvalue weighted by molar-refractivity contribution is -0.137. The number of carbonyl (C=O) groups excluding carboxylic acids is 1. The van der Waals surface area contributed by atoms with E-state index >= 15 is 0 Å². The van der Waals surface area contributed by atoms with Crippen molar-refractivity contribution in [3.05, 3.63) is 71.3 Å². The maximum atomic E-state index is 11.8. The van der Waals surface area contributed by atoms with Gasteiger partial charge in [-0.25, -0.2) is 4.79 Å². The molecule has 2 aromatic carbocycles. The minimum atomic E-state index is -2.49. The van der Waals surface area contributed by atoms with Crippen LogP contribution >= 0.6 is 0 Å². The third kappa shape index (κ3) is 7.10. The lowest BCUT2D eigenvalue weighted by atomic mass is 9.63. The number of benzene rings is 2. The van der Waals surface area contributed by atoms with Crippen molar-refractivity contribution in [2.24, 2.45) is 11.8 Å². The summed E-state index contributed by atoms with van der Waals surface area (Å²) in [5.74, 6) is 0.148. The van der Waals surface area contributed by atoms with Crippen molar-refractivity contribution in [3.8, 4) is 6.07 Å². The number of rotatable bonds is 14. The molecule has 4 nitrogen and oxygen atoms in total. The van der Waals surface area contributed by atoms with Gasteiger partial charge < -0.3 is 9.16 Å². The number of hydrogen-bond acceptors (Lipinski definition) is 4. The molecule has 2 rings (SSSR count). The summed E-state index contributed by atoms with van der Waals surface area (Å²) in [6, 6.07) is 19.7. The first-order valence-corrected chi connectivity index (χ1v) is 16.7. The highest BCUT2D eigenvalue weighted by Crippen LogP contribution is 2.43. The predicted molar refractivity (Wildman–Crippen MR) is 165 cm³/mol. The van der Waals surface area contributed by atoms with Crippen molar-refractivity contribution >= 4 is 25.5 Å². The van der Waals surface area contributed by atoms with Crippen molar-refractivity contribution in [2.45, 2.75) is 98.3 Å². The lowest BCUT2D eigenvalue weighted by Gasteiger charge is -2.42. The molecule has 39 heavy (non-hydrogen) atoms. The second-order valence-corrected chi connectivity index (χ2v) is 16.2. The van der Waals surface area contributed by atoms with Gasteiger partial charge in [0.25, 0.3) is 0 Å². The molecule has 0 spiro atoms. The van der Waals surface area contributed by atoms with Crippen LogP contribution in [-0.2, 0) is 26.0 Å². The molecule has 0 aliphatic rings. The molecule has 0 saturated carbocycles. The fourth-order valence-corrected chi connectivity index (χ4v) is 10.7. The third-order valence-electron chi connectivity index (χ3n) is 8.60. The second kappa shape index (κ2) is 14.6. The molecule has 0 N–H and O–H groups in total. The van der Waals surface area contributed by atoms with Crippen molar-refractivity contribution < 1.29 is 14.0 Å². The molecule has 2 unspecified atom stereocenters. The second-order valence-electron chi connectivity index (χ2n) is 11.4. The molecule has 0 radical (unpaired) electrons. The molecule has 0 aromatic heterocycles. The number of ether oxygens (including phenoxy) is 1. The average Bonchev–Trinajstić information content (AvgIpc) is 2.93. The van der Waals surface area contributed by atoms with Crippen LogP contribution in [0.1, 0.15) is 91.8 Å². The number of esters is 1. The summed E-state index contributed by atoms with van der Waals surface area (Å²) in [5.41, 5.74) is 3.27. The number of hydrogen-bond donors (Lipinski definition) is 0. The largest absolute Gasteiger partial charge is 0.463 e. The molecule has 0 saturated heterocycles. The molecule has 0 fully saturated rings. The molecule has 0 heterocycles. The zero-order valence-electron chi connectivity index (χ0n) is 25.6. The van der Waals surface area contributed by atoms with Crippen molar-refractivity contribution in [3.63, 3.8) is 0 Å². The number of carbonyl (C=O) groups is 1. The van der Waals surface area contributed by atoms with Gasteiger partial charge in [-0.3, -0.25) is 0 Å². The van der Waals surface area contributed by atoms with E-state index in [0.717, 1.165) is 29.5 Å². The highest BCUT2D eigenvalue weighted by Gasteiger charge is 2.47. The van der Waals surface area contributed by atoms with Crippen molar-refractivity contribution in [2.75, 3.05) is 6.61 Å². The summed E-state index contributed by atoms with van der Waals surface area (Å²) in [5, 5.41) is 11.9. The number of nitrogens with zero attached hydrogens (tertiary/aromatic N) is 1. The van der Waals surface area contributed by atoms with E-state index in [1.165, 1.54) is 11.3 Å². The molecular formula is C34H49NO3Si. The Bertz CT molecular complexity index is 1130. The molecular weight excluding hydrogens is 498 g/mol. The van der Waals surface area contributed by atoms with Gasteiger partial charge >= 0.3 is 5.97 Å². The number of nitriles is 1. The Balaban J connectivity index is 2.53. The quantitative estimate of drug-likeness (QED) is 0.136. The zero-order valence-corrected chi connectivity index (χ0v) is 26.6. The fraction of sp³-hybridized carbons (Fsp3) is 0.529. The first kappa shape index (κ1) is 32.5. The van der Waals surface area contributed by atoms with Crippen LogP contribution in [0.15, 0.2) is 54.6 Å². The van der Waals surface area contributed by atoms with Gasteiger partial charge in [0.15, 0.2) is 0 Å². The normalized spacial score (nSPS) is 15.2. The van der Waals surface area contributed by atoms with Crippen LogP contribution in [0.4, 0.5) is 0 Å². The summed E-state index contributed by atoms with van der Waals surface area (Å²) in [6.45, 7) is 20.6. The van der Waals surface area contributed by atoms with Crippen LogP contribution in [0.2, 0.25) is 11.1 Å². The highest BCUT2D eigenvalue weighted by atomic mass is 28.4. The van der Waals surface area contributed by atoms with E-state index < -0.39 is 13.7 Å². The van der Waals surface area contributed by atoms with Crippen LogP contribution in [0.3, 0.4) is 0 Å². The van der Waals surface area contributed by atoms with E-state index in [0.29, 0.717) is 24.3 Å². The molecule has 5 heteroatoms. The van der Waals surface area contributed by atoms with E-state index in [-0.39, 0.29) is 17.8 Å². The predicted octanol–water partition coefficient (Wildman–Crippen LogP) is 8.31. The van der Waals surface area contributed by atoms with Crippen LogP contribution in [-0.4, -0.2) is 20.9 Å². The molecule has 0 bridgehead atoms. The van der Waals surface area contributed by atoms with E-state index in [1.807, 2.05) is 12.1 Å². The lowest BCUT2D eigenvalue weighted by Crippen LogP contribution is -2.56. The van der Waals surface area contributed by atoms with Crippen LogP contribution in [0, 0.1) is 23.2 Å². The Kier molecular flexibility index (Phi) is 12.2. The van der Waals surface area contributed by atoms with Gasteiger partial charge in [-0.15, -0.1) is 0 Å². The molecule has 212 valence electrons. The smallest absolute Gasteiger partial charge is 0.330 e. The first-order valence-electron chi connectivity index (χ1n) is 14.6. The summed E-state index contributed by atoms with van der Waals surface area (Å²) < 4.78 is 12.1. The Morgan fingerprint density at radius 3 is 2.10 bits per heavy atom. The van der Waals surface area contributed by atoms with Crippen LogP contribution in [0.5, 0.6) is 0 Å². The van der Waals surface area contributed by atoms with Gasteiger partial charge in [-0.1, -0.05) is 111 Å². The van der Waals surface area contributed by atoms with Gasteiger partial charge in [0.05, 0.1) is 24.7 Å². The Labute approximate surface area is 238 Å². The van der Waals surface area contributed by atoms with E-state index in [9.17, 15) is 10.1 Å². The molecule has 2 aromatic rings. The highest BCUT2D eigenvalue weighted by molar-refractivity contribution is 6.88. The Hall–Kier alpha value is -2.68. The molecule has 2 atom stereocenters. The summed E-state index contributed by atoms with van der Waals surface area (Å²) in [6.07, 6.45) is 5.16. The topological polar surface area (TPSA) is 59.3 Å². The van der Waals surface area contributed by atoms with Crippen molar-refractivity contribution in [1.82, 2.24) is 0 Å². The Morgan fingerprint density at radius 1 is 0.949 bits per heavy atom. The minimum absolute atomic E-state index is 0.244. The van der Waals surface area contributed by atoms with E-state index in [1.54, 1.807) is 13.0 Å². The maximum Gasteiger partial charge on any atom is 0.330 e. The zero-order chi connectivity index (χ0) is 29.2. The summed E-state index contributed by atoms with van der Waals surface area (Å²) in [7, 11) is -2.49. The van der Waals surface area contributed by atoms with Gasteiger partial charge in [0, 0.05) is 6.08 Å². The monoisotopic (exact) mass is 547 g/mol. The summed E-state index contributed by atoms with van der Waals surface area (Å²) in [4.78, 5) is 11.8. The van der Waals surface area contributed by atoms with Gasteiger partial charge in [-0.05, 0) is 63.9 Å².